The van der Waals surface area contributed by atoms with Gasteiger partial charge in [0.05, 0.1) is 18.7 Å². The third-order valence-electron chi connectivity index (χ3n) is 5.23. The molecule has 3 N–H and O–H groups in total. The van der Waals surface area contributed by atoms with Gasteiger partial charge in [0.25, 0.3) is 0 Å². The molecular formula is C22H29N5O3S. The second-order valence-electron chi connectivity index (χ2n) is 7.96. The summed E-state index contributed by atoms with van der Waals surface area (Å²) in [4.78, 5) is 42.8. The van der Waals surface area contributed by atoms with Crippen LogP contribution in [0.25, 0.3) is 0 Å². The van der Waals surface area contributed by atoms with E-state index in [9.17, 15) is 14.4 Å². The molecule has 1 aliphatic heterocycles. The Morgan fingerprint density at radius 3 is 2.39 bits per heavy atom. The zero-order chi connectivity index (χ0) is 22.4. The first-order valence-corrected chi connectivity index (χ1v) is 11.3. The van der Waals surface area contributed by atoms with Gasteiger partial charge < -0.3 is 16.0 Å². The van der Waals surface area contributed by atoms with E-state index < -0.39 is 0 Å². The Morgan fingerprint density at radius 2 is 1.74 bits per heavy atom. The minimum absolute atomic E-state index is 0.0423. The summed E-state index contributed by atoms with van der Waals surface area (Å²) in [6.07, 6.45) is 1.59. The van der Waals surface area contributed by atoms with Crippen molar-refractivity contribution in [2.75, 3.05) is 37.3 Å². The summed E-state index contributed by atoms with van der Waals surface area (Å²) in [6.45, 7) is 5.72. The number of likely N-dealkylation sites (N-methyl/N-ethyl adjacent to an activating group) is 1. The number of carbonyl (C=O) groups excluding carboxylic acids is 3. The molecule has 9 heteroatoms. The van der Waals surface area contributed by atoms with Crippen LogP contribution in [0.1, 0.15) is 29.7 Å². The van der Waals surface area contributed by atoms with Crippen molar-refractivity contribution in [1.82, 2.24) is 15.2 Å². The number of piperidine rings is 1. The van der Waals surface area contributed by atoms with Crippen molar-refractivity contribution in [2.24, 2.45) is 5.92 Å². The summed E-state index contributed by atoms with van der Waals surface area (Å²) in [5, 5.41) is 10.7. The molecule has 0 aliphatic carbocycles. The molecule has 0 atom stereocenters. The average molecular weight is 444 g/mol. The molecule has 0 radical (unpaired) electrons. The van der Waals surface area contributed by atoms with E-state index in [1.807, 2.05) is 26.0 Å². The number of hydrogen-bond acceptors (Lipinski definition) is 6. The van der Waals surface area contributed by atoms with Crippen LogP contribution in [-0.4, -0.2) is 54.3 Å². The van der Waals surface area contributed by atoms with Gasteiger partial charge in [-0.05, 0) is 63.0 Å². The predicted molar refractivity (Wildman–Crippen MR) is 122 cm³/mol. The lowest BCUT2D eigenvalue weighted by atomic mass is 9.96. The molecule has 2 aromatic rings. The fourth-order valence-electron chi connectivity index (χ4n) is 3.71. The number of hydrogen-bond donors (Lipinski definition) is 3. The van der Waals surface area contributed by atoms with Gasteiger partial charge in [-0.1, -0.05) is 6.07 Å². The van der Waals surface area contributed by atoms with Gasteiger partial charge in [0, 0.05) is 24.0 Å². The van der Waals surface area contributed by atoms with Crippen LogP contribution in [0.2, 0.25) is 0 Å². The van der Waals surface area contributed by atoms with Crippen LogP contribution in [0, 0.1) is 19.8 Å². The molecule has 1 aromatic heterocycles. The van der Waals surface area contributed by atoms with Crippen LogP contribution in [0.15, 0.2) is 23.6 Å². The number of aryl methyl sites for hydroxylation is 2. The van der Waals surface area contributed by atoms with E-state index in [2.05, 4.69) is 31.9 Å². The van der Waals surface area contributed by atoms with Gasteiger partial charge in [-0.15, -0.1) is 11.3 Å². The quantitative estimate of drug-likeness (QED) is 0.609. The molecule has 1 aromatic carbocycles. The maximum absolute atomic E-state index is 12.6. The van der Waals surface area contributed by atoms with E-state index >= 15 is 0 Å². The fourth-order valence-corrected chi connectivity index (χ4v) is 4.42. The second-order valence-corrected chi connectivity index (χ2v) is 8.82. The van der Waals surface area contributed by atoms with E-state index in [-0.39, 0.29) is 30.1 Å². The zero-order valence-electron chi connectivity index (χ0n) is 18.2. The number of likely N-dealkylation sites (tertiary alicyclic amines) is 1. The van der Waals surface area contributed by atoms with Crippen LogP contribution in [0.4, 0.5) is 10.8 Å². The van der Waals surface area contributed by atoms with Crippen molar-refractivity contribution >= 4 is 39.9 Å². The molecule has 0 unspecified atom stereocenters. The number of amides is 3. The predicted octanol–water partition coefficient (Wildman–Crippen LogP) is 2.34. The molecule has 31 heavy (non-hydrogen) atoms. The Labute approximate surface area is 186 Å². The molecule has 8 nitrogen and oxygen atoms in total. The van der Waals surface area contributed by atoms with Gasteiger partial charge in [0.1, 0.15) is 0 Å². The Balaban J connectivity index is 1.43. The van der Waals surface area contributed by atoms with Crippen LogP contribution < -0.4 is 16.0 Å². The highest BCUT2D eigenvalue weighted by Crippen LogP contribution is 2.22. The number of nitrogens with zero attached hydrogens (tertiary/aromatic N) is 2. The molecule has 3 amide bonds. The number of thiazole rings is 1. The normalized spacial score (nSPS) is 14.8. The topological polar surface area (TPSA) is 103 Å². The summed E-state index contributed by atoms with van der Waals surface area (Å²) in [6, 6.07) is 5.99. The first-order valence-electron chi connectivity index (χ1n) is 10.4. The van der Waals surface area contributed by atoms with Crippen LogP contribution in [-0.2, 0) is 20.8 Å². The van der Waals surface area contributed by atoms with Crippen molar-refractivity contribution in [3.05, 3.63) is 40.4 Å². The maximum atomic E-state index is 12.6. The third kappa shape index (κ3) is 6.86. The molecule has 0 bridgehead atoms. The molecule has 0 spiro atoms. The standard InChI is InChI=1S/C22H29N5O3S/c1-14-8-15(2)10-17(9-14)24-20(29)12-27-6-4-16(5-7-27)21(30)26-22-25-18(13-31-22)11-19(28)23-3/h8-10,13,16H,4-7,11-12H2,1-3H3,(H,23,28)(H,24,29)(H,25,26,30). The second kappa shape index (κ2) is 10.5. The van der Waals surface area contributed by atoms with E-state index in [1.165, 1.54) is 11.3 Å². The lowest BCUT2D eigenvalue weighted by Gasteiger charge is -2.30. The number of rotatable bonds is 7. The Hall–Kier alpha value is -2.78. The largest absolute Gasteiger partial charge is 0.359 e. The summed E-state index contributed by atoms with van der Waals surface area (Å²) < 4.78 is 0. The molecular weight excluding hydrogens is 414 g/mol. The zero-order valence-corrected chi connectivity index (χ0v) is 19.0. The van der Waals surface area contributed by atoms with Gasteiger partial charge in [-0.2, -0.15) is 0 Å². The van der Waals surface area contributed by atoms with Crippen molar-refractivity contribution in [3.63, 3.8) is 0 Å². The van der Waals surface area contributed by atoms with Gasteiger partial charge in [0.2, 0.25) is 17.7 Å². The molecule has 1 fully saturated rings. The van der Waals surface area contributed by atoms with E-state index in [4.69, 9.17) is 0 Å². The first kappa shape index (κ1) is 22.9. The maximum Gasteiger partial charge on any atom is 0.238 e. The summed E-state index contributed by atoms with van der Waals surface area (Å²) in [5.41, 5.74) is 3.69. The van der Waals surface area contributed by atoms with Crippen LogP contribution in [0.5, 0.6) is 0 Å². The molecule has 0 saturated carbocycles. The lowest BCUT2D eigenvalue weighted by Crippen LogP contribution is -2.41. The van der Waals surface area contributed by atoms with Crippen LogP contribution in [0.3, 0.4) is 0 Å². The van der Waals surface area contributed by atoms with Crippen molar-refractivity contribution in [1.29, 1.82) is 0 Å². The van der Waals surface area contributed by atoms with E-state index in [1.54, 1.807) is 12.4 Å². The van der Waals surface area contributed by atoms with Crippen molar-refractivity contribution in [3.8, 4) is 0 Å². The first-order chi connectivity index (χ1) is 14.8. The highest BCUT2D eigenvalue weighted by Gasteiger charge is 2.26. The lowest BCUT2D eigenvalue weighted by molar-refractivity contribution is -0.122. The van der Waals surface area contributed by atoms with E-state index in [0.29, 0.717) is 43.3 Å². The molecule has 2 heterocycles. The summed E-state index contributed by atoms with van der Waals surface area (Å²) in [5.74, 6) is -0.318. The Morgan fingerprint density at radius 1 is 1.06 bits per heavy atom. The smallest absolute Gasteiger partial charge is 0.238 e. The molecule has 1 saturated heterocycles. The number of nitrogens with one attached hydrogen (secondary N) is 3. The van der Waals surface area contributed by atoms with Gasteiger partial charge in [0.15, 0.2) is 5.13 Å². The van der Waals surface area contributed by atoms with Crippen LogP contribution >= 0.6 is 11.3 Å². The van der Waals surface area contributed by atoms with E-state index in [0.717, 1.165) is 16.8 Å². The monoisotopic (exact) mass is 443 g/mol. The van der Waals surface area contributed by atoms with Gasteiger partial charge in [-0.3, -0.25) is 19.3 Å². The third-order valence-corrected chi connectivity index (χ3v) is 6.04. The summed E-state index contributed by atoms with van der Waals surface area (Å²) in [7, 11) is 1.58. The SMILES string of the molecule is CNC(=O)Cc1csc(NC(=O)C2CCN(CC(=O)Nc3cc(C)cc(C)c3)CC2)n1. The molecule has 166 valence electrons. The number of benzene rings is 1. The van der Waals surface area contributed by atoms with Crippen molar-refractivity contribution in [2.45, 2.75) is 33.1 Å². The van der Waals surface area contributed by atoms with Gasteiger partial charge >= 0.3 is 0 Å². The molecule has 3 rings (SSSR count). The highest BCUT2D eigenvalue weighted by molar-refractivity contribution is 7.13. The Kier molecular flexibility index (Phi) is 7.75. The number of anilines is 2. The van der Waals surface area contributed by atoms with Gasteiger partial charge in [-0.25, -0.2) is 4.98 Å². The van der Waals surface area contributed by atoms with Crippen molar-refractivity contribution < 1.29 is 14.4 Å². The minimum atomic E-state index is -0.114. The number of carbonyl (C=O) groups is 3. The highest BCUT2D eigenvalue weighted by atomic mass is 32.1. The minimum Gasteiger partial charge on any atom is -0.359 e. The summed E-state index contributed by atoms with van der Waals surface area (Å²) >= 11 is 1.32. The number of aromatic nitrogens is 1. The molecule has 1 aliphatic rings. The average Bonchev–Trinajstić information content (AvgIpc) is 3.14. The fraction of sp³-hybridized carbons (Fsp3) is 0.455. The Bertz CT molecular complexity index is 930.